The summed E-state index contributed by atoms with van der Waals surface area (Å²) in [4.78, 5) is 12.5. The Balaban J connectivity index is 1.87. The van der Waals surface area contributed by atoms with Gasteiger partial charge >= 0.3 is 0 Å². The Bertz CT molecular complexity index is 1140. The van der Waals surface area contributed by atoms with Crippen molar-refractivity contribution in [3.05, 3.63) is 88.6 Å². The number of halogens is 1. The van der Waals surface area contributed by atoms with E-state index in [4.69, 9.17) is 18.9 Å². The zero-order chi connectivity index (χ0) is 25.4. The quantitative estimate of drug-likeness (QED) is 0.322. The molecule has 2 unspecified atom stereocenters. The van der Waals surface area contributed by atoms with Crippen LogP contribution in [0.3, 0.4) is 0 Å². The lowest BCUT2D eigenvalue weighted by Crippen LogP contribution is -2.49. The number of carbonyl (C=O) groups is 1. The number of carbonyl (C=O) groups excluding carboxylic acids is 1. The predicted octanol–water partition coefficient (Wildman–Crippen LogP) is 5.02. The van der Waals surface area contributed by atoms with Crippen molar-refractivity contribution in [2.45, 2.75) is 11.6 Å². The van der Waals surface area contributed by atoms with E-state index in [1.165, 1.54) is 18.2 Å². The monoisotopic (exact) mass is 541 g/mol. The Hall–Kier alpha value is -3.49. The van der Waals surface area contributed by atoms with Crippen LogP contribution in [0.1, 0.15) is 15.9 Å². The second-order valence-corrected chi connectivity index (χ2v) is 8.43. The van der Waals surface area contributed by atoms with E-state index in [2.05, 4.69) is 21.2 Å². The lowest BCUT2D eigenvalue weighted by Gasteiger charge is -2.37. The Labute approximate surface area is 213 Å². The molecule has 0 amide bonds. The number of benzene rings is 2. The molecular weight excluding hydrogens is 514 g/mol. The number of hydrogen-bond donors (Lipinski definition) is 2. The highest BCUT2D eigenvalue weighted by molar-refractivity contribution is 9.11. The van der Waals surface area contributed by atoms with Crippen molar-refractivity contribution >= 4 is 27.8 Å². The summed E-state index contributed by atoms with van der Waals surface area (Å²) < 4.78 is 23.1. The fourth-order valence-corrected chi connectivity index (χ4v) is 4.39. The van der Waals surface area contributed by atoms with Crippen molar-refractivity contribution in [2.24, 2.45) is 0 Å². The van der Waals surface area contributed by atoms with Gasteiger partial charge in [-0.25, -0.2) is 0 Å². The summed E-state index contributed by atoms with van der Waals surface area (Å²) in [5.74, 6) is 1.51. The molecule has 3 rings (SSSR count). The minimum Gasteiger partial charge on any atom is -0.508 e. The standard InChI is InChI=1S/C27H28BrNO6/c1-32-22-16-18(17-23(33-2)26(22)34-3)12-14-27(35-4)24(28)6-5-7-25(27)29-15-13-21(31)19-8-10-20(30)11-9-19/h5-17,25,29-30H,1-4H3/b14-12-,15-13-. The van der Waals surface area contributed by atoms with Gasteiger partial charge in [0.2, 0.25) is 5.75 Å². The van der Waals surface area contributed by atoms with Crippen molar-refractivity contribution in [1.29, 1.82) is 0 Å². The van der Waals surface area contributed by atoms with Gasteiger partial charge in [-0.05, 0) is 54.1 Å². The van der Waals surface area contributed by atoms with Crippen molar-refractivity contribution in [3.8, 4) is 23.0 Å². The van der Waals surface area contributed by atoms with Crippen molar-refractivity contribution in [3.63, 3.8) is 0 Å². The van der Waals surface area contributed by atoms with Gasteiger partial charge in [0.05, 0.1) is 27.4 Å². The lowest BCUT2D eigenvalue weighted by molar-refractivity contribution is 0.0539. The third-order valence-corrected chi connectivity index (χ3v) is 6.48. The molecule has 0 saturated heterocycles. The van der Waals surface area contributed by atoms with E-state index in [1.54, 1.807) is 46.8 Å². The summed E-state index contributed by atoms with van der Waals surface area (Å²) in [7, 11) is 6.31. The Morgan fingerprint density at radius 1 is 1.06 bits per heavy atom. The Morgan fingerprint density at radius 2 is 1.71 bits per heavy atom. The normalized spacial score (nSPS) is 19.6. The van der Waals surface area contributed by atoms with Crippen LogP contribution in [0.2, 0.25) is 0 Å². The first-order valence-corrected chi connectivity index (χ1v) is 11.5. The zero-order valence-corrected chi connectivity index (χ0v) is 21.5. The van der Waals surface area contributed by atoms with Crippen LogP contribution in [0.25, 0.3) is 6.08 Å². The van der Waals surface area contributed by atoms with Gasteiger partial charge in [0.25, 0.3) is 0 Å². The summed E-state index contributed by atoms with van der Waals surface area (Å²) in [6, 6.07) is 9.46. The summed E-state index contributed by atoms with van der Waals surface area (Å²) in [5.41, 5.74) is 0.408. The average Bonchev–Trinajstić information content (AvgIpc) is 2.88. The highest BCUT2D eigenvalue weighted by Gasteiger charge is 2.39. The molecule has 7 nitrogen and oxygen atoms in total. The molecule has 35 heavy (non-hydrogen) atoms. The molecule has 2 atom stereocenters. The van der Waals surface area contributed by atoms with E-state index in [0.717, 1.165) is 10.0 Å². The second-order valence-electron chi connectivity index (χ2n) is 7.58. The highest BCUT2D eigenvalue weighted by Crippen LogP contribution is 2.40. The van der Waals surface area contributed by atoms with Gasteiger partial charge in [-0.15, -0.1) is 0 Å². The number of allylic oxidation sites excluding steroid dienone is 3. The van der Waals surface area contributed by atoms with Gasteiger partial charge in [-0.1, -0.05) is 34.2 Å². The van der Waals surface area contributed by atoms with Crippen LogP contribution in [0.5, 0.6) is 23.0 Å². The molecule has 0 aromatic heterocycles. The van der Waals surface area contributed by atoms with Crippen molar-refractivity contribution in [2.75, 3.05) is 28.4 Å². The molecule has 184 valence electrons. The molecule has 0 fully saturated rings. The largest absolute Gasteiger partial charge is 0.508 e. The van der Waals surface area contributed by atoms with Crippen LogP contribution in [0, 0.1) is 0 Å². The van der Waals surface area contributed by atoms with Crippen LogP contribution < -0.4 is 19.5 Å². The third kappa shape index (κ3) is 5.78. The minimum absolute atomic E-state index is 0.108. The highest BCUT2D eigenvalue weighted by atomic mass is 79.9. The average molecular weight is 542 g/mol. The number of hydrogen-bond acceptors (Lipinski definition) is 7. The summed E-state index contributed by atoms with van der Waals surface area (Å²) >= 11 is 3.64. The number of ketones is 1. The zero-order valence-electron chi connectivity index (χ0n) is 19.9. The first-order chi connectivity index (χ1) is 16.9. The third-order valence-electron chi connectivity index (χ3n) is 5.59. The van der Waals surface area contributed by atoms with Crippen LogP contribution in [-0.4, -0.2) is 51.0 Å². The Kier molecular flexibility index (Phi) is 8.78. The van der Waals surface area contributed by atoms with Gasteiger partial charge in [-0.3, -0.25) is 4.79 Å². The summed E-state index contributed by atoms with van der Waals surface area (Å²) in [6.07, 6.45) is 12.6. The van der Waals surface area contributed by atoms with E-state index < -0.39 is 5.60 Å². The smallest absolute Gasteiger partial charge is 0.203 e. The maximum atomic E-state index is 12.5. The van der Waals surface area contributed by atoms with Crippen LogP contribution in [0.4, 0.5) is 0 Å². The van der Waals surface area contributed by atoms with E-state index in [0.29, 0.717) is 22.8 Å². The Morgan fingerprint density at radius 3 is 2.29 bits per heavy atom. The lowest BCUT2D eigenvalue weighted by atomic mass is 9.88. The van der Waals surface area contributed by atoms with E-state index >= 15 is 0 Å². The molecule has 2 aromatic rings. The molecule has 1 aliphatic rings. The van der Waals surface area contributed by atoms with Crippen molar-refractivity contribution in [1.82, 2.24) is 5.32 Å². The number of rotatable bonds is 10. The second kappa shape index (κ2) is 11.8. The minimum atomic E-state index is -0.888. The van der Waals surface area contributed by atoms with Gasteiger partial charge < -0.3 is 29.4 Å². The van der Waals surface area contributed by atoms with Crippen LogP contribution in [-0.2, 0) is 4.74 Å². The molecule has 8 heteroatoms. The van der Waals surface area contributed by atoms with E-state index in [9.17, 15) is 9.90 Å². The molecular formula is C27H28BrNO6. The maximum absolute atomic E-state index is 12.5. The summed E-state index contributed by atoms with van der Waals surface area (Å²) in [6.45, 7) is 0. The first kappa shape index (κ1) is 26.1. The van der Waals surface area contributed by atoms with E-state index in [-0.39, 0.29) is 17.6 Å². The molecule has 0 bridgehead atoms. The number of nitrogens with one attached hydrogen (secondary N) is 1. The molecule has 0 heterocycles. The fourth-order valence-electron chi connectivity index (χ4n) is 3.70. The van der Waals surface area contributed by atoms with Gasteiger partial charge in [0, 0.05) is 29.4 Å². The number of phenols is 1. The van der Waals surface area contributed by atoms with Gasteiger partial charge in [-0.2, -0.15) is 0 Å². The summed E-state index contributed by atoms with van der Waals surface area (Å²) in [5, 5.41) is 12.7. The van der Waals surface area contributed by atoms with E-state index in [1.807, 2.05) is 42.5 Å². The van der Waals surface area contributed by atoms with Gasteiger partial charge in [0.1, 0.15) is 11.4 Å². The maximum Gasteiger partial charge on any atom is 0.203 e. The SMILES string of the molecule is COc1cc(/C=C\C2(OC)C(Br)=CC=CC2N/C=C\C(=O)c2ccc(O)cc2)cc(OC)c1OC. The molecule has 2 N–H and O–H groups in total. The van der Waals surface area contributed by atoms with Crippen LogP contribution in [0.15, 0.2) is 77.5 Å². The topological polar surface area (TPSA) is 86.3 Å². The number of aromatic hydroxyl groups is 1. The number of methoxy groups -OCH3 is 4. The van der Waals surface area contributed by atoms with Crippen LogP contribution >= 0.6 is 15.9 Å². The molecule has 0 saturated carbocycles. The molecule has 1 aliphatic carbocycles. The number of phenolic OH excluding ortho intramolecular Hbond substituents is 1. The first-order valence-electron chi connectivity index (χ1n) is 10.7. The molecule has 2 aromatic carbocycles. The predicted molar refractivity (Wildman–Crippen MR) is 140 cm³/mol. The fraction of sp³-hybridized carbons (Fsp3) is 0.222. The molecule has 0 radical (unpaired) electrons. The number of ether oxygens (including phenoxy) is 4. The molecule has 0 spiro atoms. The molecule has 0 aliphatic heterocycles. The van der Waals surface area contributed by atoms with Crippen molar-refractivity contribution < 1.29 is 28.8 Å². The van der Waals surface area contributed by atoms with Gasteiger partial charge in [0.15, 0.2) is 17.3 Å².